The number of rotatable bonds is 7. The van der Waals surface area contributed by atoms with Gasteiger partial charge in [-0.3, -0.25) is 9.67 Å². The lowest BCUT2D eigenvalue weighted by molar-refractivity contribution is 0.306. The number of methoxy groups -OCH3 is 2. The molecule has 0 spiro atoms. The van der Waals surface area contributed by atoms with Crippen LogP contribution in [-0.4, -0.2) is 55.5 Å². The van der Waals surface area contributed by atoms with E-state index >= 15 is 0 Å². The van der Waals surface area contributed by atoms with E-state index in [0.717, 1.165) is 5.56 Å². The number of hydrogen-bond acceptors (Lipinski definition) is 5. The van der Waals surface area contributed by atoms with Crippen molar-refractivity contribution in [3.05, 3.63) is 36.2 Å². The van der Waals surface area contributed by atoms with Crippen LogP contribution in [0.2, 0.25) is 0 Å². The number of ether oxygens (including phenoxy) is 2. The fraction of sp³-hybridized carbons (Fsp3) is 0.412. The number of aryl methyl sites for hydroxylation is 1. The van der Waals surface area contributed by atoms with Crippen LogP contribution in [0, 0.1) is 0 Å². The number of aromatic nitrogens is 2. The van der Waals surface area contributed by atoms with Gasteiger partial charge in [0, 0.05) is 24.9 Å². The van der Waals surface area contributed by atoms with E-state index in [4.69, 9.17) is 15.2 Å². The van der Waals surface area contributed by atoms with Crippen molar-refractivity contribution in [2.75, 3.05) is 40.2 Å². The second-order valence-electron chi connectivity index (χ2n) is 5.84. The first kappa shape index (κ1) is 22.0. The molecule has 0 amide bonds. The number of aliphatic imine (C=N–C) groups is 1. The molecule has 0 fully saturated rings. The summed E-state index contributed by atoms with van der Waals surface area (Å²) < 4.78 is 12.3. The number of nitrogens with two attached hydrogens (primary N) is 1. The first-order valence-corrected chi connectivity index (χ1v) is 7.88. The lowest BCUT2D eigenvalue weighted by atomic mass is 10.1. The van der Waals surface area contributed by atoms with Crippen LogP contribution in [0.25, 0.3) is 0 Å². The van der Waals surface area contributed by atoms with Crippen molar-refractivity contribution in [1.82, 2.24) is 14.7 Å². The monoisotopic (exact) mass is 474 g/mol. The van der Waals surface area contributed by atoms with E-state index in [0.29, 0.717) is 29.7 Å². The Morgan fingerprint density at radius 3 is 2.62 bits per heavy atom. The largest absolute Gasteiger partial charge is 0.497 e. The van der Waals surface area contributed by atoms with E-state index in [2.05, 4.69) is 20.3 Å². The van der Waals surface area contributed by atoms with Gasteiger partial charge in [-0.2, -0.15) is 5.10 Å². The quantitative estimate of drug-likeness (QED) is 0.363. The Balaban J connectivity index is 0.00000338. The molecule has 0 saturated carbocycles. The van der Waals surface area contributed by atoms with Crippen molar-refractivity contribution in [2.24, 2.45) is 17.8 Å². The number of nitrogens with one attached hydrogen (secondary N) is 1. The predicted molar refractivity (Wildman–Crippen MR) is 115 cm³/mol. The molecule has 0 radical (unpaired) electrons. The molecule has 0 aliphatic rings. The molecule has 0 aliphatic carbocycles. The molecule has 8 nitrogen and oxygen atoms in total. The number of halogens is 1. The fourth-order valence-electron chi connectivity index (χ4n) is 2.45. The van der Waals surface area contributed by atoms with Gasteiger partial charge in [-0.1, -0.05) is 0 Å². The maximum atomic E-state index is 6.06. The van der Waals surface area contributed by atoms with Crippen LogP contribution in [-0.2, 0) is 7.05 Å². The zero-order valence-corrected chi connectivity index (χ0v) is 18.1. The molecule has 1 aromatic heterocycles. The number of benzene rings is 1. The molecule has 2 aromatic rings. The second kappa shape index (κ2) is 10.2. The minimum absolute atomic E-state index is 0. The molecule has 1 atom stereocenters. The number of guanidine groups is 1. The highest BCUT2D eigenvalue weighted by Crippen LogP contribution is 2.28. The molecule has 1 unspecified atom stereocenters. The molecule has 0 bridgehead atoms. The maximum absolute atomic E-state index is 6.06. The minimum atomic E-state index is 0. The lowest BCUT2D eigenvalue weighted by Gasteiger charge is -2.21. The molecule has 0 saturated heterocycles. The van der Waals surface area contributed by atoms with Crippen molar-refractivity contribution in [2.45, 2.75) is 6.04 Å². The highest BCUT2D eigenvalue weighted by molar-refractivity contribution is 14.0. The van der Waals surface area contributed by atoms with Crippen LogP contribution in [0.3, 0.4) is 0 Å². The summed E-state index contributed by atoms with van der Waals surface area (Å²) in [4.78, 5) is 6.55. The van der Waals surface area contributed by atoms with Crippen LogP contribution in [0.1, 0.15) is 11.6 Å². The van der Waals surface area contributed by atoms with Crippen LogP contribution < -0.4 is 20.5 Å². The fourth-order valence-corrected chi connectivity index (χ4v) is 2.45. The van der Waals surface area contributed by atoms with Crippen LogP contribution in [0.15, 0.2) is 35.6 Å². The van der Waals surface area contributed by atoms with Gasteiger partial charge >= 0.3 is 0 Å². The van der Waals surface area contributed by atoms with Gasteiger partial charge in [-0.05, 0) is 26.2 Å². The maximum Gasteiger partial charge on any atom is 0.193 e. The molecular formula is C17H27IN6O2. The van der Waals surface area contributed by atoms with Gasteiger partial charge in [0.15, 0.2) is 5.96 Å². The Labute approximate surface area is 171 Å². The lowest BCUT2D eigenvalue weighted by Crippen LogP contribution is -2.27. The molecular weight excluding hydrogens is 447 g/mol. The van der Waals surface area contributed by atoms with Gasteiger partial charge in [0.05, 0.1) is 38.7 Å². The van der Waals surface area contributed by atoms with E-state index in [1.54, 1.807) is 18.9 Å². The van der Waals surface area contributed by atoms with Crippen LogP contribution >= 0.6 is 24.0 Å². The summed E-state index contributed by atoms with van der Waals surface area (Å²) >= 11 is 0. The van der Waals surface area contributed by atoms with Crippen molar-refractivity contribution in [3.63, 3.8) is 0 Å². The number of nitrogens with zero attached hydrogens (tertiary/aromatic N) is 4. The van der Waals surface area contributed by atoms with E-state index in [1.165, 1.54) is 0 Å². The Kier molecular flexibility index (Phi) is 8.66. The standard InChI is InChI=1S/C17H26N6O2.HI/c1-22(2)15(12-9-20-23(3)11-12)10-19-17(18)21-14-8-13(24-4)6-7-16(14)25-5;/h6-9,11,15H,10H2,1-5H3,(H3,18,19,21);1H. The first-order valence-electron chi connectivity index (χ1n) is 7.88. The third-order valence-electron chi connectivity index (χ3n) is 3.84. The molecule has 2 rings (SSSR count). The third-order valence-corrected chi connectivity index (χ3v) is 3.84. The van der Waals surface area contributed by atoms with Crippen molar-refractivity contribution < 1.29 is 9.47 Å². The highest BCUT2D eigenvalue weighted by Gasteiger charge is 2.15. The summed E-state index contributed by atoms with van der Waals surface area (Å²) in [5.41, 5.74) is 7.84. The zero-order valence-electron chi connectivity index (χ0n) is 15.8. The minimum Gasteiger partial charge on any atom is -0.497 e. The zero-order chi connectivity index (χ0) is 18.4. The topological polar surface area (TPSA) is 89.9 Å². The molecule has 0 aliphatic heterocycles. The Morgan fingerprint density at radius 2 is 2.08 bits per heavy atom. The smallest absolute Gasteiger partial charge is 0.193 e. The number of likely N-dealkylation sites (N-methyl/N-ethyl adjacent to an activating group) is 1. The summed E-state index contributed by atoms with van der Waals surface area (Å²) in [5.74, 6) is 1.68. The van der Waals surface area contributed by atoms with Gasteiger partial charge in [-0.25, -0.2) is 0 Å². The van der Waals surface area contributed by atoms with Gasteiger partial charge in [0.1, 0.15) is 11.5 Å². The SMILES string of the molecule is COc1ccc(OC)c(NC(N)=NCC(c2cnn(C)c2)N(C)C)c1.I. The van der Waals surface area contributed by atoms with Gasteiger partial charge in [-0.15, -0.1) is 24.0 Å². The average Bonchev–Trinajstić information content (AvgIpc) is 3.00. The first-order chi connectivity index (χ1) is 11.9. The summed E-state index contributed by atoms with van der Waals surface area (Å²) in [6.07, 6.45) is 3.82. The van der Waals surface area contributed by atoms with Crippen LogP contribution in [0.5, 0.6) is 11.5 Å². The molecule has 144 valence electrons. The Bertz CT molecular complexity index is 732. The molecule has 1 heterocycles. The molecule has 3 N–H and O–H groups in total. The normalized spacial score (nSPS) is 12.5. The highest BCUT2D eigenvalue weighted by atomic mass is 127. The van der Waals surface area contributed by atoms with E-state index in [-0.39, 0.29) is 30.0 Å². The second-order valence-corrected chi connectivity index (χ2v) is 5.84. The van der Waals surface area contributed by atoms with E-state index in [9.17, 15) is 0 Å². The number of anilines is 1. The van der Waals surface area contributed by atoms with E-state index < -0.39 is 0 Å². The van der Waals surface area contributed by atoms with Gasteiger partial charge in [0.2, 0.25) is 0 Å². The van der Waals surface area contributed by atoms with Crippen molar-refractivity contribution >= 4 is 35.6 Å². The molecule has 26 heavy (non-hydrogen) atoms. The third kappa shape index (κ3) is 5.77. The van der Waals surface area contributed by atoms with Gasteiger partial charge in [0.25, 0.3) is 0 Å². The van der Waals surface area contributed by atoms with Crippen molar-refractivity contribution in [1.29, 1.82) is 0 Å². The number of hydrogen-bond donors (Lipinski definition) is 2. The van der Waals surface area contributed by atoms with E-state index in [1.807, 2.05) is 51.7 Å². The summed E-state index contributed by atoms with van der Waals surface area (Å²) in [5, 5.41) is 7.29. The summed E-state index contributed by atoms with van der Waals surface area (Å²) in [7, 11) is 9.11. The predicted octanol–water partition coefficient (Wildman–Crippen LogP) is 2.08. The van der Waals surface area contributed by atoms with Crippen molar-refractivity contribution in [3.8, 4) is 11.5 Å². The van der Waals surface area contributed by atoms with Gasteiger partial charge < -0.3 is 25.4 Å². The summed E-state index contributed by atoms with van der Waals surface area (Å²) in [6, 6.07) is 5.53. The molecule has 1 aromatic carbocycles. The Hall–Kier alpha value is -2.01. The van der Waals surface area contributed by atoms with Crippen LogP contribution in [0.4, 0.5) is 5.69 Å². The average molecular weight is 474 g/mol. The Morgan fingerprint density at radius 1 is 1.35 bits per heavy atom. The summed E-state index contributed by atoms with van der Waals surface area (Å²) in [6.45, 7) is 0.504. The molecule has 9 heteroatoms.